The van der Waals surface area contributed by atoms with Crippen LogP contribution in [0.3, 0.4) is 0 Å². The molecule has 13 heteroatoms. The van der Waals surface area contributed by atoms with Crippen molar-refractivity contribution in [3.63, 3.8) is 0 Å². The van der Waals surface area contributed by atoms with Crippen molar-refractivity contribution >= 4 is 34.8 Å². The lowest BCUT2D eigenvalue weighted by Crippen LogP contribution is -1.87. The summed E-state index contributed by atoms with van der Waals surface area (Å²) in [4.78, 5) is 38.8. The molecule has 0 aliphatic heterocycles. The molecule has 0 aliphatic rings. The van der Waals surface area contributed by atoms with Crippen molar-refractivity contribution in [1.29, 1.82) is 0 Å². The minimum Gasteiger partial charge on any atom is -0.501 e. The molecule has 0 amide bonds. The molecule has 0 fully saturated rings. The first-order valence-corrected chi connectivity index (χ1v) is 9.12. The predicted octanol–water partition coefficient (Wildman–Crippen LogP) is 1.03. The topological polar surface area (TPSA) is 186 Å². The third kappa shape index (κ3) is 73.7. The molecule has 0 aromatic rings. The normalized spacial score (nSPS) is 9.33. The second-order valence-electron chi connectivity index (χ2n) is 4.39. The number of carbonyl (C=O) groups is 4. The Morgan fingerprint density at radius 2 is 0.636 bits per heavy atom. The van der Waals surface area contributed by atoms with Crippen LogP contribution < -0.4 is 0 Å². The van der Waals surface area contributed by atoms with Gasteiger partial charge in [-0.05, 0) is 38.7 Å². The summed E-state index contributed by atoms with van der Waals surface area (Å²) in [6, 6.07) is 0. The standard InChI is InChI=1S/4C5H8O3.H4Si/c4*1-2-8-4-3-5(6)7;/h4*3-4H,2H2,1H3,(H,6,7);1H4. The molecule has 0 bridgehead atoms. The third-order valence-electron chi connectivity index (χ3n) is 1.89. The number of carboxylic acids is 4. The molecule has 12 nitrogen and oxygen atoms in total. The number of aliphatic carboxylic acids is 4. The number of rotatable bonds is 12. The van der Waals surface area contributed by atoms with Gasteiger partial charge in [-0.15, -0.1) is 0 Å². The van der Waals surface area contributed by atoms with Gasteiger partial charge in [-0.3, -0.25) is 0 Å². The smallest absolute Gasteiger partial charge is 0.331 e. The number of hydrogen-bond acceptors (Lipinski definition) is 8. The van der Waals surface area contributed by atoms with E-state index in [9.17, 15) is 19.2 Å². The maximum Gasteiger partial charge on any atom is 0.331 e. The summed E-state index contributed by atoms with van der Waals surface area (Å²) in [6.07, 6.45) is 8.41. The Hall–Kier alpha value is -3.74. The van der Waals surface area contributed by atoms with Crippen molar-refractivity contribution in [3.05, 3.63) is 49.4 Å². The summed E-state index contributed by atoms with van der Waals surface area (Å²) >= 11 is 0. The molecule has 0 heterocycles. The highest BCUT2D eigenvalue weighted by Gasteiger charge is 1.83. The Kier molecular flexibility index (Phi) is 42.9. The Morgan fingerprint density at radius 3 is 0.727 bits per heavy atom. The van der Waals surface area contributed by atoms with Gasteiger partial charge in [0.1, 0.15) is 0 Å². The summed E-state index contributed by atoms with van der Waals surface area (Å²) in [5, 5.41) is 31.9. The van der Waals surface area contributed by atoms with Gasteiger partial charge in [0.15, 0.2) is 0 Å². The van der Waals surface area contributed by atoms with Crippen LogP contribution in [0.2, 0.25) is 0 Å². The second-order valence-corrected chi connectivity index (χ2v) is 4.39. The highest BCUT2D eigenvalue weighted by molar-refractivity contribution is 5.80. The molecule has 192 valence electrons. The number of hydrogen-bond donors (Lipinski definition) is 4. The molecular formula is C20H36O12Si. The fourth-order valence-corrected chi connectivity index (χ4v) is 0.810. The highest BCUT2D eigenvalue weighted by Crippen LogP contribution is 1.76. The molecule has 0 saturated heterocycles. The van der Waals surface area contributed by atoms with Crippen LogP contribution in [-0.4, -0.2) is 81.7 Å². The molecule has 0 spiro atoms. The van der Waals surface area contributed by atoms with E-state index in [2.05, 4.69) is 18.9 Å². The van der Waals surface area contributed by atoms with Gasteiger partial charge in [-0.1, -0.05) is 0 Å². The molecule has 0 aliphatic carbocycles. The average Bonchev–Trinajstić information content (AvgIpc) is 2.69. The molecule has 0 atom stereocenters. The summed E-state index contributed by atoms with van der Waals surface area (Å²) in [5.74, 6) is -3.95. The van der Waals surface area contributed by atoms with E-state index in [0.29, 0.717) is 26.4 Å². The van der Waals surface area contributed by atoms with E-state index in [1.807, 2.05) is 0 Å². The zero-order chi connectivity index (χ0) is 25.6. The van der Waals surface area contributed by atoms with Gasteiger partial charge < -0.3 is 39.4 Å². The van der Waals surface area contributed by atoms with Gasteiger partial charge >= 0.3 is 23.9 Å². The molecule has 0 rings (SSSR count). The van der Waals surface area contributed by atoms with E-state index >= 15 is 0 Å². The van der Waals surface area contributed by atoms with Gasteiger partial charge in [0.2, 0.25) is 0 Å². The van der Waals surface area contributed by atoms with Crippen molar-refractivity contribution in [3.8, 4) is 0 Å². The van der Waals surface area contributed by atoms with E-state index in [0.717, 1.165) is 49.4 Å². The summed E-state index contributed by atoms with van der Waals surface area (Å²) in [6.45, 7) is 9.15. The Bertz CT molecular complexity index is 494. The van der Waals surface area contributed by atoms with Crippen LogP contribution in [0, 0.1) is 0 Å². The van der Waals surface area contributed by atoms with E-state index < -0.39 is 23.9 Å². The van der Waals surface area contributed by atoms with Gasteiger partial charge in [0.05, 0.1) is 75.8 Å². The Morgan fingerprint density at radius 1 is 0.485 bits per heavy atom. The fourth-order valence-electron chi connectivity index (χ4n) is 0.810. The van der Waals surface area contributed by atoms with Crippen molar-refractivity contribution in [2.24, 2.45) is 0 Å². The van der Waals surface area contributed by atoms with Crippen LogP contribution in [0.15, 0.2) is 49.4 Å². The summed E-state index contributed by atoms with van der Waals surface area (Å²) in [5.41, 5.74) is 0. The van der Waals surface area contributed by atoms with Crippen molar-refractivity contribution in [2.45, 2.75) is 27.7 Å². The first-order valence-electron chi connectivity index (χ1n) is 9.12. The minimum absolute atomic E-state index is 0. The van der Waals surface area contributed by atoms with Crippen LogP contribution >= 0.6 is 0 Å². The Labute approximate surface area is 197 Å². The van der Waals surface area contributed by atoms with Gasteiger partial charge in [0.25, 0.3) is 0 Å². The van der Waals surface area contributed by atoms with E-state index in [1.165, 1.54) is 0 Å². The molecular weight excluding hydrogens is 460 g/mol. The van der Waals surface area contributed by atoms with E-state index in [1.54, 1.807) is 27.7 Å². The minimum atomic E-state index is -0.988. The second kappa shape index (κ2) is 35.7. The van der Waals surface area contributed by atoms with Gasteiger partial charge in [-0.25, -0.2) is 19.2 Å². The van der Waals surface area contributed by atoms with Crippen molar-refractivity contribution in [2.75, 3.05) is 26.4 Å². The van der Waals surface area contributed by atoms with Crippen LogP contribution in [-0.2, 0) is 38.1 Å². The number of ether oxygens (including phenoxy) is 4. The lowest BCUT2D eigenvalue weighted by Gasteiger charge is -1.87. The maximum atomic E-state index is 9.71. The molecule has 0 aromatic carbocycles. The Balaban J connectivity index is -0.000000105. The van der Waals surface area contributed by atoms with Crippen LogP contribution in [0.1, 0.15) is 27.7 Å². The molecule has 0 radical (unpaired) electrons. The quantitative estimate of drug-likeness (QED) is 0.171. The summed E-state index contributed by atoms with van der Waals surface area (Å²) in [7, 11) is 0. The first-order chi connectivity index (χ1) is 15.1. The highest BCUT2D eigenvalue weighted by atomic mass is 28.1. The monoisotopic (exact) mass is 496 g/mol. The zero-order valence-corrected chi connectivity index (χ0v) is 18.5. The van der Waals surface area contributed by atoms with Crippen molar-refractivity contribution < 1.29 is 58.6 Å². The summed E-state index contributed by atoms with van der Waals surface area (Å²) < 4.78 is 18.3. The van der Waals surface area contributed by atoms with E-state index in [4.69, 9.17) is 20.4 Å². The fraction of sp³-hybridized carbons (Fsp3) is 0.400. The largest absolute Gasteiger partial charge is 0.501 e. The third-order valence-corrected chi connectivity index (χ3v) is 1.89. The lowest BCUT2D eigenvalue weighted by atomic mass is 10.6. The molecule has 0 saturated carbocycles. The molecule has 33 heavy (non-hydrogen) atoms. The molecule has 4 N–H and O–H groups in total. The van der Waals surface area contributed by atoms with Crippen LogP contribution in [0.5, 0.6) is 0 Å². The van der Waals surface area contributed by atoms with Crippen LogP contribution in [0.4, 0.5) is 0 Å². The first kappa shape index (κ1) is 39.7. The van der Waals surface area contributed by atoms with E-state index in [-0.39, 0.29) is 11.0 Å². The SMILES string of the molecule is CCOC=CC(=O)O.CCOC=CC(=O)O.CCOC=CC(=O)O.CCOC=CC(=O)O.[SiH4]. The van der Waals surface area contributed by atoms with Crippen LogP contribution in [0.25, 0.3) is 0 Å². The zero-order valence-electron chi connectivity index (χ0n) is 18.5. The number of carboxylic acid groups (broad SMARTS) is 4. The van der Waals surface area contributed by atoms with Gasteiger partial charge in [0, 0.05) is 0 Å². The van der Waals surface area contributed by atoms with Gasteiger partial charge in [-0.2, -0.15) is 0 Å². The maximum absolute atomic E-state index is 9.71. The average molecular weight is 497 g/mol. The molecule has 0 aromatic heterocycles. The lowest BCUT2D eigenvalue weighted by molar-refractivity contribution is -0.132. The predicted molar refractivity (Wildman–Crippen MR) is 125 cm³/mol. The van der Waals surface area contributed by atoms with Crippen molar-refractivity contribution in [1.82, 2.24) is 0 Å². The molecule has 0 unspecified atom stereocenters.